The Hall–Kier alpha value is -2.60. The van der Waals surface area contributed by atoms with Gasteiger partial charge >= 0.3 is 0 Å². The average Bonchev–Trinajstić information content (AvgIpc) is 3.15. The zero-order valence-electron chi connectivity index (χ0n) is 12.5. The number of hydrogen-bond acceptors (Lipinski definition) is 4. The van der Waals surface area contributed by atoms with Gasteiger partial charge in [-0.25, -0.2) is 4.98 Å². The predicted molar refractivity (Wildman–Crippen MR) is 82.6 cm³/mol. The number of nitrogens with one attached hydrogen (secondary N) is 1. The molecule has 0 saturated carbocycles. The highest BCUT2D eigenvalue weighted by Gasteiger charge is 2.14. The van der Waals surface area contributed by atoms with Crippen molar-refractivity contribution in [3.8, 4) is 11.3 Å². The SMILES string of the molecule is COCCNC(=O)c1ccc(-c2ccnc3c2ccn3C)o1. The summed E-state index contributed by atoms with van der Waals surface area (Å²) in [4.78, 5) is 16.3. The molecule has 0 saturated heterocycles. The van der Waals surface area contributed by atoms with Gasteiger partial charge in [0.1, 0.15) is 11.4 Å². The third kappa shape index (κ3) is 2.60. The number of pyridine rings is 1. The molecule has 0 aliphatic carbocycles. The first kappa shape index (κ1) is 14.3. The van der Waals surface area contributed by atoms with Crippen molar-refractivity contribution in [2.24, 2.45) is 7.05 Å². The van der Waals surface area contributed by atoms with Gasteiger partial charge in [0.15, 0.2) is 5.76 Å². The van der Waals surface area contributed by atoms with E-state index in [1.165, 1.54) is 0 Å². The van der Waals surface area contributed by atoms with Crippen LogP contribution in [-0.2, 0) is 11.8 Å². The number of fused-ring (bicyclic) bond motifs is 1. The van der Waals surface area contributed by atoms with Crippen LogP contribution in [0.4, 0.5) is 0 Å². The van der Waals surface area contributed by atoms with E-state index in [1.54, 1.807) is 25.4 Å². The third-order valence-corrected chi connectivity index (χ3v) is 3.45. The van der Waals surface area contributed by atoms with Crippen LogP contribution in [0.3, 0.4) is 0 Å². The predicted octanol–water partition coefficient (Wildman–Crippen LogP) is 2.21. The summed E-state index contributed by atoms with van der Waals surface area (Å²) in [5.74, 6) is 0.684. The van der Waals surface area contributed by atoms with Crippen molar-refractivity contribution in [3.05, 3.63) is 42.4 Å². The molecule has 3 heterocycles. The molecule has 0 unspecified atom stereocenters. The highest BCUT2D eigenvalue weighted by Crippen LogP contribution is 2.29. The maximum absolute atomic E-state index is 12.0. The summed E-state index contributed by atoms with van der Waals surface area (Å²) < 4.78 is 12.5. The van der Waals surface area contributed by atoms with Crippen molar-refractivity contribution in [1.82, 2.24) is 14.9 Å². The van der Waals surface area contributed by atoms with E-state index in [-0.39, 0.29) is 11.7 Å². The molecule has 1 amide bonds. The van der Waals surface area contributed by atoms with E-state index in [2.05, 4.69) is 10.3 Å². The second-order valence-corrected chi connectivity index (χ2v) is 4.94. The number of amides is 1. The molecule has 6 heteroatoms. The van der Waals surface area contributed by atoms with Gasteiger partial charge < -0.3 is 19.0 Å². The van der Waals surface area contributed by atoms with Gasteiger partial charge in [-0.3, -0.25) is 4.79 Å². The van der Waals surface area contributed by atoms with Crippen molar-refractivity contribution < 1.29 is 13.9 Å². The van der Waals surface area contributed by atoms with Gasteiger partial charge in [0.25, 0.3) is 5.91 Å². The monoisotopic (exact) mass is 299 g/mol. The largest absolute Gasteiger partial charge is 0.451 e. The van der Waals surface area contributed by atoms with Gasteiger partial charge in [-0.2, -0.15) is 0 Å². The quantitative estimate of drug-likeness (QED) is 0.733. The molecule has 0 radical (unpaired) electrons. The summed E-state index contributed by atoms with van der Waals surface area (Å²) >= 11 is 0. The highest BCUT2D eigenvalue weighted by atomic mass is 16.5. The van der Waals surface area contributed by atoms with Gasteiger partial charge in [-0.1, -0.05) is 0 Å². The van der Waals surface area contributed by atoms with Crippen LogP contribution in [0.25, 0.3) is 22.4 Å². The molecule has 0 aliphatic rings. The molecule has 1 N–H and O–H groups in total. The summed E-state index contributed by atoms with van der Waals surface area (Å²) in [5, 5.41) is 3.72. The van der Waals surface area contributed by atoms with Crippen LogP contribution in [0.15, 0.2) is 41.1 Å². The molecule has 0 aromatic carbocycles. The summed E-state index contributed by atoms with van der Waals surface area (Å²) in [6, 6.07) is 7.34. The van der Waals surface area contributed by atoms with Crippen LogP contribution >= 0.6 is 0 Å². The minimum atomic E-state index is -0.248. The normalized spacial score (nSPS) is 11.0. The Labute approximate surface area is 127 Å². The van der Waals surface area contributed by atoms with Gasteiger partial charge in [0.05, 0.1) is 6.61 Å². The van der Waals surface area contributed by atoms with E-state index in [1.807, 2.05) is 29.9 Å². The molecular formula is C16H17N3O3. The standard InChI is InChI=1S/C16H17N3O3/c1-19-9-6-12-11(5-7-17-15(12)19)13-3-4-14(22-13)16(20)18-8-10-21-2/h3-7,9H,8,10H2,1-2H3,(H,18,20). The number of aryl methyl sites for hydroxylation is 1. The molecule has 22 heavy (non-hydrogen) atoms. The number of methoxy groups -OCH3 is 1. The second-order valence-electron chi connectivity index (χ2n) is 4.94. The van der Waals surface area contributed by atoms with E-state index < -0.39 is 0 Å². The lowest BCUT2D eigenvalue weighted by molar-refractivity contribution is 0.0910. The molecule has 3 rings (SSSR count). The number of nitrogens with zero attached hydrogens (tertiary/aromatic N) is 2. The van der Waals surface area contributed by atoms with Crippen molar-refractivity contribution in [3.63, 3.8) is 0 Å². The molecule has 3 aromatic rings. The topological polar surface area (TPSA) is 69.3 Å². The van der Waals surface area contributed by atoms with Crippen molar-refractivity contribution >= 4 is 16.9 Å². The van der Waals surface area contributed by atoms with Crippen molar-refractivity contribution in [2.75, 3.05) is 20.3 Å². The van der Waals surface area contributed by atoms with Gasteiger partial charge in [-0.15, -0.1) is 0 Å². The van der Waals surface area contributed by atoms with Gasteiger partial charge in [0.2, 0.25) is 0 Å². The van der Waals surface area contributed by atoms with Gasteiger partial charge in [-0.05, 0) is 24.3 Å². The molecular weight excluding hydrogens is 282 g/mol. The average molecular weight is 299 g/mol. The Balaban J connectivity index is 1.88. The Morgan fingerprint density at radius 2 is 2.23 bits per heavy atom. The Morgan fingerprint density at radius 3 is 3.05 bits per heavy atom. The lowest BCUT2D eigenvalue weighted by Crippen LogP contribution is -2.26. The van der Waals surface area contributed by atoms with Crippen LogP contribution in [0, 0.1) is 0 Å². The van der Waals surface area contributed by atoms with E-state index in [4.69, 9.17) is 9.15 Å². The number of hydrogen-bond donors (Lipinski definition) is 1. The van der Waals surface area contributed by atoms with E-state index in [0.717, 1.165) is 16.6 Å². The van der Waals surface area contributed by atoms with E-state index in [0.29, 0.717) is 18.9 Å². The smallest absolute Gasteiger partial charge is 0.287 e. The zero-order valence-corrected chi connectivity index (χ0v) is 12.5. The van der Waals surface area contributed by atoms with Crippen LogP contribution in [-0.4, -0.2) is 35.7 Å². The van der Waals surface area contributed by atoms with E-state index in [9.17, 15) is 4.79 Å². The number of aromatic nitrogens is 2. The van der Waals surface area contributed by atoms with E-state index >= 15 is 0 Å². The minimum Gasteiger partial charge on any atom is -0.451 e. The number of ether oxygens (including phenoxy) is 1. The molecule has 6 nitrogen and oxygen atoms in total. The number of carbonyl (C=O) groups is 1. The van der Waals surface area contributed by atoms with Crippen LogP contribution < -0.4 is 5.32 Å². The molecule has 3 aromatic heterocycles. The molecule has 0 aliphatic heterocycles. The van der Waals surface area contributed by atoms with Crippen molar-refractivity contribution in [1.29, 1.82) is 0 Å². The minimum absolute atomic E-state index is 0.248. The fourth-order valence-corrected chi connectivity index (χ4v) is 2.34. The maximum Gasteiger partial charge on any atom is 0.287 e. The van der Waals surface area contributed by atoms with Crippen molar-refractivity contribution in [2.45, 2.75) is 0 Å². The molecule has 0 bridgehead atoms. The fourth-order valence-electron chi connectivity index (χ4n) is 2.34. The summed E-state index contributed by atoms with van der Waals surface area (Å²) in [7, 11) is 3.53. The first-order valence-electron chi connectivity index (χ1n) is 6.98. The van der Waals surface area contributed by atoms with Crippen LogP contribution in [0.1, 0.15) is 10.6 Å². The number of rotatable bonds is 5. The zero-order chi connectivity index (χ0) is 15.5. The first-order chi connectivity index (χ1) is 10.7. The number of furan rings is 1. The van der Waals surface area contributed by atoms with Gasteiger partial charge in [0, 0.05) is 44.0 Å². The summed E-state index contributed by atoms with van der Waals surface area (Å²) in [6.07, 6.45) is 3.68. The fraction of sp³-hybridized carbons (Fsp3) is 0.250. The summed E-state index contributed by atoms with van der Waals surface area (Å²) in [6.45, 7) is 0.915. The Bertz CT molecular complexity index is 804. The molecule has 0 spiro atoms. The maximum atomic E-state index is 12.0. The number of carbonyl (C=O) groups excluding carboxylic acids is 1. The van der Waals surface area contributed by atoms with Crippen LogP contribution in [0.2, 0.25) is 0 Å². The molecule has 114 valence electrons. The van der Waals surface area contributed by atoms with Crippen LogP contribution in [0.5, 0.6) is 0 Å². The lowest BCUT2D eigenvalue weighted by Gasteiger charge is -2.02. The lowest BCUT2D eigenvalue weighted by atomic mass is 10.1. The highest BCUT2D eigenvalue weighted by molar-refractivity contribution is 5.94. The summed E-state index contributed by atoms with van der Waals surface area (Å²) in [5.41, 5.74) is 1.79. The molecule has 0 fully saturated rings. The Kier molecular flexibility index (Phi) is 3.93. The Morgan fingerprint density at radius 1 is 1.36 bits per heavy atom. The second kappa shape index (κ2) is 6.03. The third-order valence-electron chi connectivity index (χ3n) is 3.45. The molecule has 0 atom stereocenters. The first-order valence-corrected chi connectivity index (χ1v) is 6.98.